The molecule has 92 valence electrons. The van der Waals surface area contributed by atoms with Crippen LogP contribution in [0.15, 0.2) is 18.2 Å². The first kappa shape index (κ1) is 11.9. The van der Waals surface area contributed by atoms with Gasteiger partial charge in [0.1, 0.15) is 0 Å². The summed E-state index contributed by atoms with van der Waals surface area (Å²) in [5, 5.41) is 2.90. The summed E-state index contributed by atoms with van der Waals surface area (Å²) in [5.41, 5.74) is 7.96. The first-order valence-corrected chi connectivity index (χ1v) is 5.89. The van der Waals surface area contributed by atoms with Gasteiger partial charge in [0.05, 0.1) is 12.2 Å². The van der Waals surface area contributed by atoms with Gasteiger partial charge in [-0.15, -0.1) is 0 Å². The van der Waals surface area contributed by atoms with Gasteiger partial charge in [-0.25, -0.2) is 0 Å². The number of nitrogen functional groups attached to an aromatic ring is 1. The van der Waals surface area contributed by atoms with Crippen molar-refractivity contribution in [1.29, 1.82) is 0 Å². The van der Waals surface area contributed by atoms with Gasteiger partial charge < -0.3 is 15.8 Å². The number of nitrogens with one attached hydrogen (secondary N) is 1. The number of ether oxygens (including phenoxy) is 1. The van der Waals surface area contributed by atoms with Crippen LogP contribution in [-0.4, -0.2) is 25.7 Å². The molecule has 2 rings (SSSR count). The average molecular weight is 234 g/mol. The Bertz CT molecular complexity index is 412. The zero-order valence-electron chi connectivity index (χ0n) is 10.0. The van der Waals surface area contributed by atoms with Crippen molar-refractivity contribution in [2.24, 2.45) is 5.92 Å². The molecule has 0 bridgehead atoms. The van der Waals surface area contributed by atoms with Gasteiger partial charge in [-0.05, 0) is 31.0 Å². The lowest BCUT2D eigenvalue weighted by Crippen LogP contribution is -2.30. The summed E-state index contributed by atoms with van der Waals surface area (Å²) in [4.78, 5) is 11.9. The molecule has 0 aliphatic carbocycles. The zero-order chi connectivity index (χ0) is 12.3. The molecule has 0 spiro atoms. The van der Waals surface area contributed by atoms with Crippen molar-refractivity contribution >= 4 is 11.6 Å². The second-order valence-corrected chi connectivity index (χ2v) is 4.53. The lowest BCUT2D eigenvalue weighted by atomic mass is 10.1. The van der Waals surface area contributed by atoms with Gasteiger partial charge >= 0.3 is 0 Å². The summed E-state index contributed by atoms with van der Waals surface area (Å²) in [6, 6.07) is 5.47. The van der Waals surface area contributed by atoms with Gasteiger partial charge in [-0.1, -0.05) is 6.07 Å². The highest BCUT2D eigenvalue weighted by molar-refractivity contribution is 5.99. The number of hydrogen-bond acceptors (Lipinski definition) is 3. The van der Waals surface area contributed by atoms with Crippen LogP contribution in [0, 0.1) is 12.8 Å². The number of anilines is 1. The molecule has 1 aliphatic heterocycles. The summed E-state index contributed by atoms with van der Waals surface area (Å²) < 4.78 is 5.26. The van der Waals surface area contributed by atoms with Crippen LogP contribution in [0.3, 0.4) is 0 Å². The highest BCUT2D eigenvalue weighted by atomic mass is 16.5. The average Bonchev–Trinajstić information content (AvgIpc) is 2.78. The van der Waals surface area contributed by atoms with E-state index in [0.29, 0.717) is 23.7 Å². The number of amides is 1. The van der Waals surface area contributed by atoms with E-state index >= 15 is 0 Å². The maximum Gasteiger partial charge on any atom is 0.253 e. The predicted octanol–water partition coefficient (Wildman–Crippen LogP) is 1.34. The van der Waals surface area contributed by atoms with E-state index in [2.05, 4.69) is 5.32 Å². The molecular formula is C13H18N2O2. The van der Waals surface area contributed by atoms with Crippen LogP contribution in [-0.2, 0) is 4.74 Å². The van der Waals surface area contributed by atoms with E-state index in [1.165, 1.54) is 0 Å². The van der Waals surface area contributed by atoms with Gasteiger partial charge in [0, 0.05) is 24.8 Å². The van der Waals surface area contributed by atoms with Crippen LogP contribution in [0.4, 0.5) is 5.69 Å². The third-order valence-electron chi connectivity index (χ3n) is 3.03. The highest BCUT2D eigenvalue weighted by Crippen LogP contribution is 2.15. The summed E-state index contributed by atoms with van der Waals surface area (Å²) in [5.74, 6) is 0.333. The molecular weight excluding hydrogens is 216 g/mol. The van der Waals surface area contributed by atoms with Crippen LogP contribution in [0.5, 0.6) is 0 Å². The van der Waals surface area contributed by atoms with Crippen LogP contribution in [0.1, 0.15) is 22.3 Å². The fourth-order valence-corrected chi connectivity index (χ4v) is 1.97. The molecule has 1 heterocycles. The molecule has 1 aromatic carbocycles. The molecule has 1 aliphatic rings. The number of carbonyl (C=O) groups excluding carboxylic acids is 1. The van der Waals surface area contributed by atoms with Crippen molar-refractivity contribution in [2.75, 3.05) is 25.5 Å². The highest BCUT2D eigenvalue weighted by Gasteiger charge is 2.17. The van der Waals surface area contributed by atoms with Gasteiger partial charge in [0.15, 0.2) is 0 Å². The number of aryl methyl sites for hydroxylation is 1. The number of nitrogens with two attached hydrogens (primary N) is 1. The van der Waals surface area contributed by atoms with E-state index in [1.54, 1.807) is 6.07 Å². The monoisotopic (exact) mass is 234 g/mol. The molecule has 0 saturated carbocycles. The number of hydrogen-bond donors (Lipinski definition) is 2. The third kappa shape index (κ3) is 2.97. The summed E-state index contributed by atoms with van der Waals surface area (Å²) in [7, 11) is 0. The molecule has 17 heavy (non-hydrogen) atoms. The SMILES string of the molecule is Cc1ccc(C(=O)NCC2CCOC2)c(N)c1. The Morgan fingerprint density at radius 2 is 2.41 bits per heavy atom. The molecule has 1 fully saturated rings. The van der Waals surface area contributed by atoms with Crippen LogP contribution in [0.2, 0.25) is 0 Å². The first-order chi connectivity index (χ1) is 8.16. The smallest absolute Gasteiger partial charge is 0.253 e. The minimum absolute atomic E-state index is 0.102. The van der Waals surface area contributed by atoms with Gasteiger partial charge in [0.2, 0.25) is 0 Å². The van der Waals surface area contributed by atoms with Gasteiger partial charge in [0.25, 0.3) is 5.91 Å². The third-order valence-corrected chi connectivity index (χ3v) is 3.03. The Labute approximate surface area is 101 Å². The van der Waals surface area contributed by atoms with Crippen LogP contribution < -0.4 is 11.1 Å². The molecule has 1 saturated heterocycles. The summed E-state index contributed by atoms with van der Waals surface area (Å²) in [6.07, 6.45) is 1.02. The standard InChI is InChI=1S/C13H18N2O2/c1-9-2-3-11(12(14)6-9)13(16)15-7-10-4-5-17-8-10/h2-3,6,10H,4-5,7-8,14H2,1H3,(H,15,16). The molecule has 4 heteroatoms. The number of benzene rings is 1. The van der Waals surface area contributed by atoms with Gasteiger partial charge in [-0.3, -0.25) is 4.79 Å². The molecule has 4 nitrogen and oxygen atoms in total. The predicted molar refractivity (Wildman–Crippen MR) is 66.9 cm³/mol. The number of rotatable bonds is 3. The van der Waals surface area contributed by atoms with Gasteiger partial charge in [-0.2, -0.15) is 0 Å². The number of carbonyl (C=O) groups is 1. The molecule has 0 radical (unpaired) electrons. The van der Waals surface area contributed by atoms with E-state index in [1.807, 2.05) is 19.1 Å². The summed E-state index contributed by atoms with van der Waals surface area (Å²) >= 11 is 0. The van der Waals surface area contributed by atoms with E-state index in [4.69, 9.17) is 10.5 Å². The van der Waals surface area contributed by atoms with Crippen molar-refractivity contribution in [3.8, 4) is 0 Å². The van der Waals surface area contributed by atoms with E-state index in [0.717, 1.165) is 25.2 Å². The Balaban J connectivity index is 1.94. The normalized spacial score (nSPS) is 19.2. The van der Waals surface area contributed by atoms with Crippen molar-refractivity contribution in [1.82, 2.24) is 5.32 Å². The lowest BCUT2D eigenvalue weighted by Gasteiger charge is -2.11. The Morgan fingerprint density at radius 3 is 3.06 bits per heavy atom. The second kappa shape index (κ2) is 5.19. The maximum absolute atomic E-state index is 11.9. The second-order valence-electron chi connectivity index (χ2n) is 4.53. The van der Waals surface area contributed by atoms with E-state index in [9.17, 15) is 4.79 Å². The Morgan fingerprint density at radius 1 is 1.59 bits per heavy atom. The van der Waals surface area contributed by atoms with Crippen molar-refractivity contribution in [3.05, 3.63) is 29.3 Å². The first-order valence-electron chi connectivity index (χ1n) is 5.89. The minimum Gasteiger partial charge on any atom is -0.398 e. The Hall–Kier alpha value is -1.55. The van der Waals surface area contributed by atoms with Crippen LogP contribution >= 0.6 is 0 Å². The van der Waals surface area contributed by atoms with Crippen molar-refractivity contribution < 1.29 is 9.53 Å². The Kier molecular flexibility index (Phi) is 3.64. The molecule has 1 amide bonds. The topological polar surface area (TPSA) is 64.3 Å². The molecule has 1 atom stereocenters. The van der Waals surface area contributed by atoms with E-state index in [-0.39, 0.29) is 5.91 Å². The van der Waals surface area contributed by atoms with Crippen LogP contribution in [0.25, 0.3) is 0 Å². The fraction of sp³-hybridized carbons (Fsp3) is 0.462. The van der Waals surface area contributed by atoms with Crippen molar-refractivity contribution in [2.45, 2.75) is 13.3 Å². The fourth-order valence-electron chi connectivity index (χ4n) is 1.97. The molecule has 0 aromatic heterocycles. The molecule has 3 N–H and O–H groups in total. The zero-order valence-corrected chi connectivity index (χ0v) is 10.0. The quantitative estimate of drug-likeness (QED) is 0.776. The van der Waals surface area contributed by atoms with E-state index < -0.39 is 0 Å². The largest absolute Gasteiger partial charge is 0.398 e. The lowest BCUT2D eigenvalue weighted by molar-refractivity contribution is 0.0946. The maximum atomic E-state index is 11.9. The van der Waals surface area contributed by atoms with Crippen molar-refractivity contribution in [3.63, 3.8) is 0 Å². The molecule has 1 aromatic rings. The minimum atomic E-state index is -0.102. The summed E-state index contributed by atoms with van der Waals surface area (Å²) in [6.45, 7) is 4.15. The molecule has 1 unspecified atom stereocenters.